The van der Waals surface area contributed by atoms with Crippen molar-refractivity contribution in [3.63, 3.8) is 0 Å². The van der Waals surface area contributed by atoms with Gasteiger partial charge in [-0.15, -0.1) is 0 Å². The van der Waals surface area contributed by atoms with Crippen molar-refractivity contribution in [3.8, 4) is 0 Å². The number of H-pyrrole nitrogens is 1. The molecule has 2 aromatic rings. The maximum atomic E-state index is 14.7. The number of nitrogens with zero attached hydrogens (tertiary/aromatic N) is 5. The highest BCUT2D eigenvalue weighted by atomic mass is 19.1. The summed E-state index contributed by atoms with van der Waals surface area (Å²) in [4.78, 5) is 13.1. The zero-order valence-electron chi connectivity index (χ0n) is 16.6. The van der Waals surface area contributed by atoms with E-state index in [0.29, 0.717) is 13.1 Å². The Balaban J connectivity index is 1.40. The molecular weight excluding hydrogens is 388 g/mol. The molecule has 4 atom stereocenters. The van der Waals surface area contributed by atoms with Crippen molar-refractivity contribution < 1.29 is 8.78 Å². The van der Waals surface area contributed by atoms with Gasteiger partial charge in [-0.1, -0.05) is 0 Å². The van der Waals surface area contributed by atoms with Crippen LogP contribution in [0.5, 0.6) is 0 Å². The Morgan fingerprint density at radius 1 is 1.17 bits per heavy atom. The minimum absolute atomic E-state index is 0.0439. The number of rotatable bonds is 4. The molecule has 30 heavy (non-hydrogen) atoms. The number of aromatic nitrogens is 4. The first kappa shape index (κ1) is 19.5. The molecular formula is C21H25F2N7. The van der Waals surface area contributed by atoms with Gasteiger partial charge in [-0.3, -0.25) is 24.9 Å². The highest BCUT2D eigenvalue weighted by Gasteiger charge is 2.43. The van der Waals surface area contributed by atoms with E-state index in [-0.39, 0.29) is 36.2 Å². The molecule has 0 radical (unpaired) electrons. The number of hydrogen-bond acceptors (Lipinski definition) is 6. The van der Waals surface area contributed by atoms with Crippen LogP contribution < -0.4 is 5.73 Å². The normalized spacial score (nSPS) is 30.1. The van der Waals surface area contributed by atoms with Crippen LogP contribution in [0, 0.1) is 5.92 Å². The Labute approximate surface area is 173 Å². The van der Waals surface area contributed by atoms with Gasteiger partial charge in [0.15, 0.2) is 0 Å². The smallest absolute Gasteiger partial charge is 0.105 e. The van der Waals surface area contributed by atoms with Crippen molar-refractivity contribution in [2.24, 2.45) is 11.7 Å². The minimum atomic E-state index is -0.585. The van der Waals surface area contributed by atoms with Gasteiger partial charge in [-0.05, 0) is 18.6 Å². The van der Waals surface area contributed by atoms with E-state index in [1.54, 1.807) is 18.6 Å². The van der Waals surface area contributed by atoms with Crippen LogP contribution in [0.3, 0.4) is 0 Å². The molecule has 0 bridgehead atoms. The lowest BCUT2D eigenvalue weighted by Crippen LogP contribution is -2.62. The Morgan fingerprint density at radius 3 is 2.87 bits per heavy atom. The van der Waals surface area contributed by atoms with E-state index < -0.39 is 5.92 Å². The van der Waals surface area contributed by atoms with Gasteiger partial charge in [0.1, 0.15) is 11.7 Å². The summed E-state index contributed by atoms with van der Waals surface area (Å²) in [5, 5.41) is 7.17. The highest BCUT2D eigenvalue weighted by molar-refractivity contribution is 5.24. The molecule has 1 saturated heterocycles. The monoisotopic (exact) mass is 413 g/mol. The molecule has 0 saturated carbocycles. The topological polar surface area (TPSA) is 87.0 Å². The summed E-state index contributed by atoms with van der Waals surface area (Å²) in [5.41, 5.74) is 9.78. The number of fused-ring (bicyclic) bond motifs is 1. The maximum absolute atomic E-state index is 14.7. The average Bonchev–Trinajstić information content (AvgIpc) is 3.33. The van der Waals surface area contributed by atoms with Crippen molar-refractivity contribution in [1.29, 1.82) is 0 Å². The summed E-state index contributed by atoms with van der Waals surface area (Å²) >= 11 is 0. The van der Waals surface area contributed by atoms with E-state index in [1.165, 1.54) is 17.7 Å². The predicted octanol–water partition coefficient (Wildman–Crippen LogP) is 2.21. The number of allylic oxidation sites excluding steroid dienone is 3. The molecule has 3 N–H and O–H groups in total. The quantitative estimate of drug-likeness (QED) is 0.799. The fourth-order valence-electron chi connectivity index (χ4n) is 5.10. The number of nitrogens with two attached hydrogens (primary N) is 1. The van der Waals surface area contributed by atoms with E-state index in [2.05, 4.69) is 30.0 Å². The van der Waals surface area contributed by atoms with Crippen LogP contribution in [0.2, 0.25) is 0 Å². The largest absolute Gasteiger partial charge is 0.326 e. The first-order valence-corrected chi connectivity index (χ1v) is 10.3. The van der Waals surface area contributed by atoms with Gasteiger partial charge in [0.05, 0.1) is 17.6 Å². The molecule has 2 aromatic heterocycles. The lowest BCUT2D eigenvalue weighted by atomic mass is 9.80. The molecule has 7 nitrogen and oxygen atoms in total. The molecule has 5 rings (SSSR count). The summed E-state index contributed by atoms with van der Waals surface area (Å²) in [7, 11) is 0. The van der Waals surface area contributed by atoms with E-state index in [1.807, 2.05) is 6.20 Å². The molecule has 3 unspecified atom stereocenters. The summed E-state index contributed by atoms with van der Waals surface area (Å²) in [5.74, 6) is -1.19. The zero-order chi connectivity index (χ0) is 20.7. The van der Waals surface area contributed by atoms with E-state index in [9.17, 15) is 8.78 Å². The van der Waals surface area contributed by atoms with Gasteiger partial charge in [0, 0.05) is 80.8 Å². The molecule has 9 heteroatoms. The average molecular weight is 413 g/mol. The Hall–Kier alpha value is -2.49. The SMILES string of the molecule is NC1CC(N2Cc3cn[nH]c3C2)CN(Cc2cnccn2)[C@@H]1C1CC(F)=CC=C1F. The summed E-state index contributed by atoms with van der Waals surface area (Å²) in [6.07, 6.45) is 10.1. The molecule has 2 aliphatic heterocycles. The molecule has 1 aliphatic carbocycles. The molecule has 0 amide bonds. The van der Waals surface area contributed by atoms with E-state index in [4.69, 9.17) is 5.73 Å². The fraction of sp³-hybridized carbons (Fsp3) is 0.476. The van der Waals surface area contributed by atoms with Crippen LogP contribution >= 0.6 is 0 Å². The third kappa shape index (κ3) is 3.68. The fourth-order valence-corrected chi connectivity index (χ4v) is 5.10. The predicted molar refractivity (Wildman–Crippen MR) is 107 cm³/mol. The van der Waals surface area contributed by atoms with E-state index in [0.717, 1.165) is 30.9 Å². The Morgan fingerprint density at radius 2 is 2.07 bits per heavy atom. The van der Waals surface area contributed by atoms with Crippen LogP contribution in [0.4, 0.5) is 8.78 Å². The van der Waals surface area contributed by atoms with Crippen LogP contribution in [-0.4, -0.2) is 54.6 Å². The lowest BCUT2D eigenvalue weighted by Gasteiger charge is -2.48. The minimum Gasteiger partial charge on any atom is -0.326 e. The third-order valence-electron chi connectivity index (χ3n) is 6.49. The van der Waals surface area contributed by atoms with Gasteiger partial charge >= 0.3 is 0 Å². The van der Waals surface area contributed by atoms with Crippen molar-refractivity contribution >= 4 is 0 Å². The third-order valence-corrected chi connectivity index (χ3v) is 6.49. The number of halogens is 2. The van der Waals surface area contributed by atoms with Crippen molar-refractivity contribution in [2.45, 2.75) is 50.6 Å². The van der Waals surface area contributed by atoms with Crippen LogP contribution in [0.15, 0.2) is 48.6 Å². The molecule has 0 aromatic carbocycles. The summed E-state index contributed by atoms with van der Waals surface area (Å²) in [6, 6.07) is -0.377. The second-order valence-electron chi connectivity index (χ2n) is 8.42. The molecule has 3 aliphatic rings. The van der Waals surface area contributed by atoms with E-state index >= 15 is 0 Å². The first-order chi connectivity index (χ1) is 14.6. The summed E-state index contributed by atoms with van der Waals surface area (Å²) in [6.45, 7) is 2.83. The number of hydrogen-bond donors (Lipinski definition) is 2. The van der Waals surface area contributed by atoms with Crippen molar-refractivity contribution in [3.05, 3.63) is 65.5 Å². The van der Waals surface area contributed by atoms with Crippen molar-refractivity contribution in [1.82, 2.24) is 30.0 Å². The molecule has 0 spiro atoms. The van der Waals surface area contributed by atoms with Gasteiger partial charge in [-0.25, -0.2) is 8.78 Å². The lowest BCUT2D eigenvalue weighted by molar-refractivity contribution is 0.0141. The maximum Gasteiger partial charge on any atom is 0.105 e. The molecule has 158 valence electrons. The number of nitrogens with one attached hydrogen (secondary N) is 1. The zero-order valence-corrected chi connectivity index (χ0v) is 16.6. The second-order valence-corrected chi connectivity index (χ2v) is 8.42. The van der Waals surface area contributed by atoms with Crippen LogP contribution in [-0.2, 0) is 19.6 Å². The van der Waals surface area contributed by atoms with Gasteiger partial charge in [-0.2, -0.15) is 5.10 Å². The standard InChI is InChI=1S/C21H25F2N7/c22-14-1-2-18(23)17(5-14)21-19(24)6-16(29-9-13-7-27-28-20(13)12-29)11-30(21)10-15-8-25-3-4-26-15/h1-4,7-8,16-17,19,21H,5-6,9-12,24H2,(H,27,28)/t16?,17?,19?,21-/m1/s1. The summed E-state index contributed by atoms with van der Waals surface area (Å²) < 4.78 is 28.8. The number of piperidine rings is 1. The second kappa shape index (κ2) is 7.98. The van der Waals surface area contributed by atoms with Gasteiger partial charge in [0.2, 0.25) is 0 Å². The van der Waals surface area contributed by atoms with Gasteiger partial charge < -0.3 is 5.73 Å². The molecule has 4 heterocycles. The van der Waals surface area contributed by atoms with Crippen molar-refractivity contribution in [2.75, 3.05) is 6.54 Å². The van der Waals surface area contributed by atoms with Crippen LogP contribution in [0.25, 0.3) is 0 Å². The van der Waals surface area contributed by atoms with Crippen LogP contribution in [0.1, 0.15) is 29.8 Å². The van der Waals surface area contributed by atoms with Gasteiger partial charge in [0.25, 0.3) is 0 Å². The Kier molecular flexibility index (Phi) is 5.18. The highest BCUT2D eigenvalue weighted by Crippen LogP contribution is 2.38. The molecule has 1 fully saturated rings. The Bertz CT molecular complexity index is 937. The first-order valence-electron chi connectivity index (χ1n) is 10.3. The number of aromatic amines is 1. The number of likely N-dealkylation sites (tertiary alicyclic amines) is 1.